The van der Waals surface area contributed by atoms with E-state index in [1.165, 1.54) is 0 Å². The van der Waals surface area contributed by atoms with Crippen molar-refractivity contribution in [1.29, 1.82) is 0 Å². The molecule has 0 bridgehead atoms. The lowest BCUT2D eigenvalue weighted by atomic mass is 9.77. The van der Waals surface area contributed by atoms with E-state index in [4.69, 9.17) is 0 Å². The summed E-state index contributed by atoms with van der Waals surface area (Å²) in [5, 5.41) is 14.6. The first-order valence-electron chi connectivity index (χ1n) is 6.40. The predicted molar refractivity (Wildman–Crippen MR) is 69.3 cm³/mol. The average molecular weight is 254 g/mol. The molecule has 0 unspecified atom stereocenters. The first kappa shape index (κ1) is 14.5. The number of carbonyl (C=O) groups excluding carboxylic acids is 1. The van der Waals surface area contributed by atoms with Crippen molar-refractivity contribution in [3.05, 3.63) is 12.7 Å². The second kappa shape index (κ2) is 6.42. The second-order valence-corrected chi connectivity index (χ2v) is 5.03. The maximum atomic E-state index is 11.7. The molecule has 0 radical (unpaired) electrons. The molecule has 0 saturated heterocycles. The van der Waals surface area contributed by atoms with Crippen LogP contribution in [0.2, 0.25) is 0 Å². The van der Waals surface area contributed by atoms with Crippen molar-refractivity contribution in [2.45, 2.75) is 44.6 Å². The molecule has 0 heterocycles. The van der Waals surface area contributed by atoms with Gasteiger partial charge in [-0.1, -0.05) is 13.0 Å². The fourth-order valence-corrected chi connectivity index (χ4v) is 2.20. The Balaban J connectivity index is 2.55. The SMILES string of the molecule is C=CCCNC(=O)NC1(C(=O)O)CCC(C)CC1. The van der Waals surface area contributed by atoms with E-state index < -0.39 is 17.5 Å². The highest BCUT2D eigenvalue weighted by Crippen LogP contribution is 2.32. The fourth-order valence-electron chi connectivity index (χ4n) is 2.20. The van der Waals surface area contributed by atoms with Gasteiger partial charge in [0, 0.05) is 6.54 Å². The molecule has 0 aromatic rings. The van der Waals surface area contributed by atoms with E-state index in [0.29, 0.717) is 31.7 Å². The van der Waals surface area contributed by atoms with Gasteiger partial charge in [0.05, 0.1) is 0 Å². The van der Waals surface area contributed by atoms with E-state index >= 15 is 0 Å². The van der Waals surface area contributed by atoms with Crippen LogP contribution in [0, 0.1) is 5.92 Å². The van der Waals surface area contributed by atoms with Gasteiger partial charge in [0.1, 0.15) is 5.54 Å². The third-order valence-corrected chi connectivity index (χ3v) is 3.52. The van der Waals surface area contributed by atoms with E-state index in [9.17, 15) is 14.7 Å². The first-order chi connectivity index (χ1) is 8.50. The standard InChI is InChI=1S/C13H22N2O3/c1-3-4-9-14-12(18)15-13(11(16)17)7-5-10(2)6-8-13/h3,10H,1,4-9H2,2H3,(H,16,17)(H2,14,15,18). The maximum absolute atomic E-state index is 11.7. The van der Waals surface area contributed by atoms with Gasteiger partial charge in [0.15, 0.2) is 0 Å². The fraction of sp³-hybridized carbons (Fsp3) is 0.692. The molecule has 1 saturated carbocycles. The van der Waals surface area contributed by atoms with Gasteiger partial charge in [-0.15, -0.1) is 6.58 Å². The van der Waals surface area contributed by atoms with Crippen LogP contribution in [0.5, 0.6) is 0 Å². The molecule has 0 spiro atoms. The molecule has 102 valence electrons. The highest BCUT2D eigenvalue weighted by Gasteiger charge is 2.42. The lowest BCUT2D eigenvalue weighted by molar-refractivity contribution is -0.146. The number of carboxylic acids is 1. The van der Waals surface area contributed by atoms with Crippen LogP contribution in [-0.2, 0) is 4.79 Å². The van der Waals surface area contributed by atoms with Gasteiger partial charge in [0.25, 0.3) is 0 Å². The van der Waals surface area contributed by atoms with Crippen LogP contribution in [0.3, 0.4) is 0 Å². The highest BCUT2D eigenvalue weighted by atomic mass is 16.4. The summed E-state index contributed by atoms with van der Waals surface area (Å²) in [6.45, 7) is 6.14. The van der Waals surface area contributed by atoms with E-state index in [1.54, 1.807) is 6.08 Å². The van der Waals surface area contributed by atoms with Gasteiger partial charge in [0.2, 0.25) is 0 Å². The van der Waals surface area contributed by atoms with Crippen molar-refractivity contribution in [3.8, 4) is 0 Å². The topological polar surface area (TPSA) is 78.4 Å². The third-order valence-electron chi connectivity index (χ3n) is 3.52. The lowest BCUT2D eigenvalue weighted by Gasteiger charge is -2.36. The van der Waals surface area contributed by atoms with Crippen molar-refractivity contribution in [1.82, 2.24) is 10.6 Å². The molecule has 3 N–H and O–H groups in total. The summed E-state index contributed by atoms with van der Waals surface area (Å²) in [7, 11) is 0. The molecule has 1 aliphatic rings. The van der Waals surface area contributed by atoms with E-state index in [1.807, 2.05) is 0 Å². The highest BCUT2D eigenvalue weighted by molar-refractivity contribution is 5.86. The summed E-state index contributed by atoms with van der Waals surface area (Å²) >= 11 is 0. The molecule has 5 nitrogen and oxygen atoms in total. The number of aliphatic carboxylic acids is 1. The van der Waals surface area contributed by atoms with Gasteiger partial charge in [-0.3, -0.25) is 0 Å². The van der Waals surface area contributed by atoms with E-state index in [2.05, 4.69) is 24.1 Å². The van der Waals surface area contributed by atoms with Crippen LogP contribution < -0.4 is 10.6 Å². The summed E-state index contributed by atoms with van der Waals surface area (Å²) < 4.78 is 0. The molecule has 0 aliphatic heterocycles. The molecule has 2 amide bonds. The number of carbonyl (C=O) groups is 2. The normalized spacial score (nSPS) is 27.3. The van der Waals surface area contributed by atoms with Gasteiger partial charge in [-0.25, -0.2) is 9.59 Å². The van der Waals surface area contributed by atoms with Gasteiger partial charge >= 0.3 is 12.0 Å². The Morgan fingerprint density at radius 1 is 1.44 bits per heavy atom. The van der Waals surface area contributed by atoms with Crippen LogP contribution in [0.1, 0.15) is 39.0 Å². The molecule has 5 heteroatoms. The Morgan fingerprint density at radius 3 is 2.56 bits per heavy atom. The zero-order valence-electron chi connectivity index (χ0n) is 10.9. The van der Waals surface area contributed by atoms with Crippen LogP contribution in [0.25, 0.3) is 0 Å². The van der Waals surface area contributed by atoms with Crippen molar-refractivity contribution >= 4 is 12.0 Å². The molecule has 0 aromatic carbocycles. The van der Waals surface area contributed by atoms with E-state index in [-0.39, 0.29) is 0 Å². The van der Waals surface area contributed by atoms with E-state index in [0.717, 1.165) is 12.8 Å². The maximum Gasteiger partial charge on any atom is 0.329 e. The molecular formula is C13H22N2O3. The Morgan fingerprint density at radius 2 is 2.06 bits per heavy atom. The van der Waals surface area contributed by atoms with Crippen molar-refractivity contribution < 1.29 is 14.7 Å². The van der Waals surface area contributed by atoms with Crippen molar-refractivity contribution in [3.63, 3.8) is 0 Å². The average Bonchev–Trinajstić information content (AvgIpc) is 2.32. The summed E-state index contributed by atoms with van der Waals surface area (Å²) in [4.78, 5) is 23.0. The zero-order chi connectivity index (χ0) is 13.6. The zero-order valence-corrected chi connectivity index (χ0v) is 10.9. The minimum Gasteiger partial charge on any atom is -0.480 e. The van der Waals surface area contributed by atoms with Gasteiger partial charge < -0.3 is 15.7 Å². The van der Waals surface area contributed by atoms with Crippen LogP contribution in [-0.4, -0.2) is 29.2 Å². The van der Waals surface area contributed by atoms with Crippen molar-refractivity contribution in [2.75, 3.05) is 6.54 Å². The molecule has 0 atom stereocenters. The van der Waals surface area contributed by atoms with Crippen molar-refractivity contribution in [2.24, 2.45) is 5.92 Å². The Kier molecular flexibility index (Phi) is 5.19. The number of rotatable bonds is 5. The second-order valence-electron chi connectivity index (χ2n) is 5.03. The Bertz CT molecular complexity index is 320. The first-order valence-corrected chi connectivity index (χ1v) is 6.40. The smallest absolute Gasteiger partial charge is 0.329 e. The molecule has 0 aromatic heterocycles. The molecular weight excluding hydrogens is 232 g/mol. The summed E-state index contributed by atoms with van der Waals surface area (Å²) in [6.07, 6.45) is 5.04. The number of urea groups is 1. The summed E-state index contributed by atoms with van der Waals surface area (Å²) in [6, 6.07) is -0.409. The Labute approximate surface area is 108 Å². The minimum atomic E-state index is -1.09. The van der Waals surface area contributed by atoms with Crippen LogP contribution in [0.15, 0.2) is 12.7 Å². The number of hydrogen-bond donors (Lipinski definition) is 3. The lowest BCUT2D eigenvalue weighted by Crippen LogP contribution is -2.58. The number of carboxylic acid groups (broad SMARTS) is 1. The minimum absolute atomic E-state index is 0.409. The summed E-state index contributed by atoms with van der Waals surface area (Å²) in [5.74, 6) is -0.406. The number of hydrogen-bond acceptors (Lipinski definition) is 2. The van der Waals surface area contributed by atoms with Gasteiger partial charge in [-0.2, -0.15) is 0 Å². The van der Waals surface area contributed by atoms with Crippen LogP contribution in [0.4, 0.5) is 4.79 Å². The predicted octanol–water partition coefficient (Wildman–Crippen LogP) is 1.90. The molecule has 1 fully saturated rings. The molecule has 18 heavy (non-hydrogen) atoms. The third kappa shape index (κ3) is 3.75. The van der Waals surface area contributed by atoms with Crippen LogP contribution >= 0.6 is 0 Å². The monoisotopic (exact) mass is 254 g/mol. The largest absolute Gasteiger partial charge is 0.480 e. The molecule has 1 rings (SSSR count). The number of amides is 2. The summed E-state index contributed by atoms with van der Waals surface area (Å²) in [5.41, 5.74) is -1.09. The Hall–Kier alpha value is -1.52. The number of nitrogens with one attached hydrogen (secondary N) is 2. The quantitative estimate of drug-likeness (QED) is 0.518. The van der Waals surface area contributed by atoms with Gasteiger partial charge in [-0.05, 0) is 38.0 Å². The molecule has 1 aliphatic carbocycles.